The van der Waals surface area contributed by atoms with Crippen LogP contribution in [0.25, 0.3) is 23.3 Å². The first-order valence-corrected chi connectivity index (χ1v) is 8.91. The van der Waals surface area contributed by atoms with Gasteiger partial charge in [-0.1, -0.05) is 34.1 Å². The van der Waals surface area contributed by atoms with Gasteiger partial charge < -0.3 is 4.57 Å². The van der Waals surface area contributed by atoms with Crippen LogP contribution in [0.4, 0.5) is 0 Å². The second-order valence-corrected chi connectivity index (χ2v) is 6.58. The summed E-state index contributed by atoms with van der Waals surface area (Å²) >= 11 is 3.45. The SMILES string of the molecule is CCn1c(=O)c2c(nc(/C=C/c3cccc(Br)c3)n2C)n(CC)c1=O. The van der Waals surface area contributed by atoms with Crippen molar-refractivity contribution in [3.8, 4) is 0 Å². The molecule has 0 N–H and O–H groups in total. The molecular formula is C18H19BrN4O2. The number of hydrogen-bond donors (Lipinski definition) is 0. The van der Waals surface area contributed by atoms with E-state index < -0.39 is 0 Å². The van der Waals surface area contributed by atoms with Crippen LogP contribution in [0.15, 0.2) is 38.3 Å². The molecule has 7 heteroatoms. The third-order valence-electron chi connectivity index (χ3n) is 4.18. The van der Waals surface area contributed by atoms with Crippen LogP contribution in [0.1, 0.15) is 25.2 Å². The number of benzene rings is 1. The van der Waals surface area contributed by atoms with Crippen molar-refractivity contribution in [1.82, 2.24) is 18.7 Å². The van der Waals surface area contributed by atoms with Gasteiger partial charge in [-0.25, -0.2) is 9.78 Å². The maximum Gasteiger partial charge on any atom is 0.332 e. The third-order valence-corrected chi connectivity index (χ3v) is 4.68. The summed E-state index contributed by atoms with van der Waals surface area (Å²) in [5.74, 6) is 0.627. The van der Waals surface area contributed by atoms with Crippen LogP contribution in [0.5, 0.6) is 0 Å². The second kappa shape index (κ2) is 6.84. The van der Waals surface area contributed by atoms with E-state index >= 15 is 0 Å². The average molecular weight is 403 g/mol. The molecule has 25 heavy (non-hydrogen) atoms. The fourth-order valence-electron chi connectivity index (χ4n) is 2.87. The lowest BCUT2D eigenvalue weighted by molar-refractivity contribution is 0.604. The van der Waals surface area contributed by atoms with Crippen LogP contribution < -0.4 is 11.2 Å². The molecule has 0 aliphatic heterocycles. The summed E-state index contributed by atoms with van der Waals surface area (Å²) in [4.78, 5) is 29.6. The van der Waals surface area contributed by atoms with Gasteiger partial charge in [-0.15, -0.1) is 0 Å². The minimum atomic E-state index is -0.317. The molecule has 1 aromatic carbocycles. The van der Waals surface area contributed by atoms with E-state index in [4.69, 9.17) is 0 Å². The maximum atomic E-state index is 12.7. The molecule has 0 spiro atoms. The molecule has 3 aromatic rings. The average Bonchev–Trinajstić information content (AvgIpc) is 2.91. The Morgan fingerprint density at radius 1 is 1.12 bits per heavy atom. The monoisotopic (exact) mass is 402 g/mol. The summed E-state index contributed by atoms with van der Waals surface area (Å²) < 4.78 is 5.51. The largest absolute Gasteiger partial charge is 0.332 e. The molecular weight excluding hydrogens is 384 g/mol. The molecule has 0 atom stereocenters. The van der Waals surface area contributed by atoms with Crippen LogP contribution in [0.3, 0.4) is 0 Å². The summed E-state index contributed by atoms with van der Waals surface area (Å²) in [6.45, 7) is 4.46. The first-order chi connectivity index (χ1) is 12.0. The van der Waals surface area contributed by atoms with Gasteiger partial charge in [-0.05, 0) is 37.6 Å². The molecule has 0 saturated carbocycles. The van der Waals surface area contributed by atoms with Crippen LogP contribution in [-0.4, -0.2) is 18.7 Å². The Hall–Kier alpha value is -2.41. The van der Waals surface area contributed by atoms with Crippen molar-refractivity contribution in [3.63, 3.8) is 0 Å². The summed E-state index contributed by atoms with van der Waals surface area (Å²) in [6.07, 6.45) is 3.78. The Morgan fingerprint density at radius 3 is 2.48 bits per heavy atom. The molecule has 0 saturated heterocycles. The van der Waals surface area contributed by atoms with Crippen molar-refractivity contribution in [2.45, 2.75) is 26.9 Å². The number of hydrogen-bond acceptors (Lipinski definition) is 3. The molecule has 3 rings (SSSR count). The van der Waals surface area contributed by atoms with Crippen LogP contribution in [0.2, 0.25) is 0 Å². The summed E-state index contributed by atoms with van der Waals surface area (Å²) in [5, 5.41) is 0. The van der Waals surface area contributed by atoms with Crippen LogP contribution in [0, 0.1) is 0 Å². The standard InChI is InChI=1S/C18H19BrN4O2/c1-4-22-16-15(17(24)23(5-2)18(22)25)21(3)14(20-16)10-9-12-7-6-8-13(19)11-12/h6-11H,4-5H2,1-3H3/b10-9+. The Kier molecular flexibility index (Phi) is 4.76. The molecule has 0 radical (unpaired) electrons. The van der Waals surface area contributed by atoms with E-state index in [-0.39, 0.29) is 11.2 Å². The zero-order valence-corrected chi connectivity index (χ0v) is 15.9. The first kappa shape index (κ1) is 17.4. The predicted octanol–water partition coefficient (Wildman–Crippen LogP) is 2.87. The minimum Gasteiger partial charge on any atom is -0.322 e. The van der Waals surface area contributed by atoms with E-state index in [1.54, 1.807) is 18.5 Å². The van der Waals surface area contributed by atoms with Crippen molar-refractivity contribution in [2.24, 2.45) is 7.05 Å². The Labute approximate surface area is 153 Å². The number of halogens is 1. The predicted molar refractivity (Wildman–Crippen MR) is 104 cm³/mol. The summed E-state index contributed by atoms with van der Waals surface area (Å²) in [6, 6.07) is 7.88. The molecule has 0 aliphatic carbocycles. The molecule has 2 heterocycles. The van der Waals surface area contributed by atoms with E-state index in [1.807, 2.05) is 43.3 Å². The van der Waals surface area contributed by atoms with Gasteiger partial charge >= 0.3 is 5.69 Å². The Balaban J connectivity index is 2.22. The summed E-state index contributed by atoms with van der Waals surface area (Å²) in [5.41, 5.74) is 1.27. The number of fused-ring (bicyclic) bond motifs is 1. The van der Waals surface area contributed by atoms with Crippen molar-refractivity contribution in [2.75, 3.05) is 0 Å². The van der Waals surface area contributed by atoms with E-state index in [1.165, 1.54) is 9.13 Å². The van der Waals surface area contributed by atoms with E-state index in [0.29, 0.717) is 30.1 Å². The number of aryl methyl sites for hydroxylation is 2. The first-order valence-electron chi connectivity index (χ1n) is 8.11. The van der Waals surface area contributed by atoms with E-state index in [0.717, 1.165) is 10.0 Å². The van der Waals surface area contributed by atoms with Crippen molar-refractivity contribution in [3.05, 3.63) is 61.0 Å². The van der Waals surface area contributed by atoms with Gasteiger partial charge in [0.15, 0.2) is 11.2 Å². The van der Waals surface area contributed by atoms with E-state index in [2.05, 4.69) is 20.9 Å². The van der Waals surface area contributed by atoms with Crippen LogP contribution >= 0.6 is 15.9 Å². The van der Waals surface area contributed by atoms with Crippen molar-refractivity contribution >= 4 is 39.2 Å². The number of imidazole rings is 1. The van der Waals surface area contributed by atoms with Gasteiger partial charge in [0.05, 0.1) is 0 Å². The molecule has 2 aromatic heterocycles. The highest BCUT2D eigenvalue weighted by molar-refractivity contribution is 9.10. The fourth-order valence-corrected chi connectivity index (χ4v) is 3.29. The summed E-state index contributed by atoms with van der Waals surface area (Å²) in [7, 11) is 1.79. The highest BCUT2D eigenvalue weighted by atomic mass is 79.9. The fraction of sp³-hybridized carbons (Fsp3) is 0.278. The molecule has 130 valence electrons. The molecule has 6 nitrogen and oxygen atoms in total. The topological polar surface area (TPSA) is 61.8 Å². The minimum absolute atomic E-state index is 0.302. The van der Waals surface area contributed by atoms with Gasteiger partial charge in [-0.2, -0.15) is 0 Å². The van der Waals surface area contributed by atoms with Crippen molar-refractivity contribution in [1.29, 1.82) is 0 Å². The molecule has 0 unspecified atom stereocenters. The third kappa shape index (κ3) is 3.00. The van der Waals surface area contributed by atoms with Gasteiger partial charge in [-0.3, -0.25) is 13.9 Å². The van der Waals surface area contributed by atoms with Gasteiger partial charge in [0.2, 0.25) is 0 Å². The molecule has 0 aliphatic rings. The van der Waals surface area contributed by atoms with Gasteiger partial charge in [0.25, 0.3) is 5.56 Å². The van der Waals surface area contributed by atoms with Gasteiger partial charge in [0, 0.05) is 24.6 Å². The van der Waals surface area contributed by atoms with Gasteiger partial charge in [0.1, 0.15) is 5.82 Å². The number of aromatic nitrogens is 4. The highest BCUT2D eigenvalue weighted by Crippen LogP contribution is 2.16. The quantitative estimate of drug-likeness (QED) is 0.673. The van der Waals surface area contributed by atoms with E-state index in [9.17, 15) is 9.59 Å². The lowest BCUT2D eigenvalue weighted by Gasteiger charge is -2.08. The lowest BCUT2D eigenvalue weighted by Crippen LogP contribution is -2.39. The highest BCUT2D eigenvalue weighted by Gasteiger charge is 2.17. The normalized spacial score (nSPS) is 11.7. The maximum absolute atomic E-state index is 12.7. The molecule has 0 bridgehead atoms. The molecule has 0 amide bonds. The number of nitrogens with zero attached hydrogens (tertiary/aromatic N) is 4. The smallest absolute Gasteiger partial charge is 0.322 e. The number of rotatable bonds is 4. The van der Waals surface area contributed by atoms with Crippen molar-refractivity contribution < 1.29 is 0 Å². The lowest BCUT2D eigenvalue weighted by atomic mass is 10.2. The zero-order valence-electron chi connectivity index (χ0n) is 14.4. The Bertz CT molecular complexity index is 1090. The van der Waals surface area contributed by atoms with Crippen LogP contribution in [-0.2, 0) is 20.1 Å². The molecule has 0 fully saturated rings. The zero-order chi connectivity index (χ0) is 18.1. The Morgan fingerprint density at radius 2 is 1.84 bits per heavy atom. The second-order valence-electron chi connectivity index (χ2n) is 5.67.